The van der Waals surface area contributed by atoms with Crippen LogP contribution >= 0.6 is 0 Å². The maximum atomic E-state index is 12.6. The number of halogens is 3. The molecule has 0 saturated carbocycles. The van der Waals surface area contributed by atoms with Crippen LogP contribution in [0, 0.1) is 6.92 Å². The third kappa shape index (κ3) is 3.12. The first-order chi connectivity index (χ1) is 8.88. The smallest absolute Gasteiger partial charge is 0.384 e. The zero-order chi connectivity index (χ0) is 14.0. The highest BCUT2D eigenvalue weighted by Gasteiger charge is 2.30. The first-order valence-electron chi connectivity index (χ1n) is 5.64. The van der Waals surface area contributed by atoms with E-state index in [9.17, 15) is 18.3 Å². The highest BCUT2D eigenvalue weighted by atomic mass is 19.4. The fourth-order valence-electron chi connectivity index (χ4n) is 1.81. The van der Waals surface area contributed by atoms with E-state index in [0.717, 1.165) is 17.7 Å². The molecular formula is C14H12F3NO. The Hall–Kier alpha value is -1.88. The largest absolute Gasteiger partial charge is 0.416 e. The molecule has 1 atom stereocenters. The van der Waals surface area contributed by atoms with Crippen LogP contribution in [-0.2, 0) is 6.18 Å². The highest BCUT2D eigenvalue weighted by molar-refractivity contribution is 5.33. The van der Waals surface area contributed by atoms with Crippen molar-refractivity contribution in [1.82, 2.24) is 4.98 Å². The zero-order valence-corrected chi connectivity index (χ0v) is 10.1. The van der Waals surface area contributed by atoms with Gasteiger partial charge in [-0.1, -0.05) is 18.2 Å². The minimum absolute atomic E-state index is 0.197. The molecule has 0 aliphatic rings. The third-order valence-electron chi connectivity index (χ3n) is 2.74. The Balaban J connectivity index is 2.37. The van der Waals surface area contributed by atoms with E-state index in [4.69, 9.17) is 0 Å². The number of aromatic nitrogens is 1. The van der Waals surface area contributed by atoms with Crippen LogP contribution in [0.4, 0.5) is 13.2 Å². The summed E-state index contributed by atoms with van der Waals surface area (Å²) in [5.41, 5.74) is 0.731. The summed E-state index contributed by atoms with van der Waals surface area (Å²) in [5, 5.41) is 10.1. The van der Waals surface area contributed by atoms with Crippen LogP contribution in [0.25, 0.3) is 0 Å². The summed E-state index contributed by atoms with van der Waals surface area (Å²) in [7, 11) is 0. The average Bonchev–Trinajstić information content (AvgIpc) is 2.37. The molecule has 1 unspecified atom stereocenters. The molecule has 1 aromatic carbocycles. The van der Waals surface area contributed by atoms with Crippen molar-refractivity contribution >= 4 is 0 Å². The molecule has 0 bridgehead atoms. The molecule has 19 heavy (non-hydrogen) atoms. The fraction of sp³-hybridized carbons (Fsp3) is 0.214. The number of hydrogen-bond acceptors (Lipinski definition) is 2. The lowest BCUT2D eigenvalue weighted by Gasteiger charge is -2.14. The van der Waals surface area contributed by atoms with E-state index in [2.05, 4.69) is 4.98 Å². The van der Waals surface area contributed by atoms with Crippen LogP contribution in [-0.4, -0.2) is 10.1 Å². The van der Waals surface area contributed by atoms with Gasteiger partial charge in [-0.25, -0.2) is 0 Å². The lowest BCUT2D eigenvalue weighted by atomic mass is 10.00. The second-order valence-electron chi connectivity index (χ2n) is 4.32. The van der Waals surface area contributed by atoms with Crippen LogP contribution < -0.4 is 0 Å². The van der Waals surface area contributed by atoms with Crippen molar-refractivity contribution in [1.29, 1.82) is 0 Å². The summed E-state index contributed by atoms with van der Waals surface area (Å²) in [6.45, 7) is 1.80. The monoisotopic (exact) mass is 267 g/mol. The van der Waals surface area contributed by atoms with Gasteiger partial charge in [-0.05, 0) is 30.2 Å². The van der Waals surface area contributed by atoms with E-state index < -0.39 is 17.8 Å². The molecule has 1 N–H and O–H groups in total. The number of hydrogen-bond donors (Lipinski definition) is 1. The molecule has 2 aromatic rings. The van der Waals surface area contributed by atoms with Crippen LogP contribution in [0.5, 0.6) is 0 Å². The molecule has 0 saturated heterocycles. The van der Waals surface area contributed by atoms with Crippen LogP contribution in [0.3, 0.4) is 0 Å². The van der Waals surface area contributed by atoms with Crippen molar-refractivity contribution in [2.45, 2.75) is 19.2 Å². The van der Waals surface area contributed by atoms with E-state index in [1.165, 1.54) is 18.3 Å². The standard InChI is InChI=1S/C14H12F3NO/c1-9-5-11(8-18-7-9)13(19)10-3-2-4-12(6-10)14(15,16)17/h2-8,13,19H,1H3. The Kier molecular flexibility index (Phi) is 3.57. The second-order valence-corrected chi connectivity index (χ2v) is 4.32. The first-order valence-corrected chi connectivity index (χ1v) is 5.64. The minimum atomic E-state index is -4.42. The average molecular weight is 267 g/mol. The van der Waals surface area contributed by atoms with Gasteiger partial charge in [-0.2, -0.15) is 13.2 Å². The van der Waals surface area contributed by atoms with Crippen molar-refractivity contribution in [3.8, 4) is 0 Å². The number of nitrogens with zero attached hydrogens (tertiary/aromatic N) is 1. The maximum Gasteiger partial charge on any atom is 0.416 e. The molecule has 2 nitrogen and oxygen atoms in total. The Labute approximate surface area is 108 Å². The molecule has 1 aromatic heterocycles. The Morgan fingerprint density at radius 2 is 1.84 bits per heavy atom. The van der Waals surface area contributed by atoms with Crippen molar-refractivity contribution in [2.75, 3.05) is 0 Å². The summed E-state index contributed by atoms with van der Waals surface area (Å²) in [4.78, 5) is 3.92. The number of rotatable bonds is 2. The molecular weight excluding hydrogens is 255 g/mol. The van der Waals surface area contributed by atoms with Crippen molar-refractivity contribution in [3.63, 3.8) is 0 Å². The van der Waals surface area contributed by atoms with Gasteiger partial charge in [-0.3, -0.25) is 4.98 Å². The molecule has 0 spiro atoms. The lowest BCUT2D eigenvalue weighted by Crippen LogP contribution is -2.07. The summed E-state index contributed by atoms with van der Waals surface area (Å²) in [5.74, 6) is 0. The molecule has 0 amide bonds. The van der Waals surface area contributed by atoms with Crippen molar-refractivity contribution in [3.05, 3.63) is 65.0 Å². The molecule has 1 heterocycles. The predicted molar refractivity (Wildman–Crippen MR) is 64.5 cm³/mol. The maximum absolute atomic E-state index is 12.6. The van der Waals surface area contributed by atoms with Gasteiger partial charge in [0.15, 0.2) is 0 Å². The van der Waals surface area contributed by atoms with Gasteiger partial charge in [0, 0.05) is 18.0 Å². The van der Waals surface area contributed by atoms with Gasteiger partial charge in [0.2, 0.25) is 0 Å². The van der Waals surface area contributed by atoms with E-state index >= 15 is 0 Å². The summed E-state index contributed by atoms with van der Waals surface area (Å²) >= 11 is 0. The summed E-state index contributed by atoms with van der Waals surface area (Å²) < 4.78 is 37.8. The van der Waals surface area contributed by atoms with E-state index in [1.807, 2.05) is 0 Å². The van der Waals surface area contributed by atoms with Gasteiger partial charge in [0.25, 0.3) is 0 Å². The summed E-state index contributed by atoms with van der Waals surface area (Å²) in [6.07, 6.45) is -2.48. The van der Waals surface area contributed by atoms with E-state index in [1.54, 1.807) is 19.2 Å². The molecule has 0 fully saturated rings. The Morgan fingerprint density at radius 1 is 1.11 bits per heavy atom. The van der Waals surface area contributed by atoms with Gasteiger partial charge in [-0.15, -0.1) is 0 Å². The molecule has 5 heteroatoms. The predicted octanol–water partition coefficient (Wildman–Crippen LogP) is 3.49. The number of benzene rings is 1. The number of pyridine rings is 1. The van der Waals surface area contributed by atoms with Crippen LogP contribution in [0.1, 0.15) is 28.4 Å². The molecule has 0 radical (unpaired) electrons. The van der Waals surface area contributed by atoms with Crippen LogP contribution in [0.2, 0.25) is 0 Å². The van der Waals surface area contributed by atoms with E-state index in [-0.39, 0.29) is 5.56 Å². The second kappa shape index (κ2) is 5.01. The first kappa shape index (κ1) is 13.5. The normalized spacial score (nSPS) is 13.3. The zero-order valence-electron chi connectivity index (χ0n) is 10.1. The lowest BCUT2D eigenvalue weighted by molar-refractivity contribution is -0.137. The number of aryl methyl sites for hydroxylation is 1. The Bertz CT molecular complexity index is 581. The summed E-state index contributed by atoms with van der Waals surface area (Å²) in [6, 6.07) is 6.36. The van der Waals surface area contributed by atoms with Gasteiger partial charge < -0.3 is 5.11 Å². The Morgan fingerprint density at radius 3 is 2.47 bits per heavy atom. The SMILES string of the molecule is Cc1cncc(C(O)c2cccc(C(F)(F)F)c2)c1. The molecule has 2 rings (SSSR count). The van der Waals surface area contributed by atoms with Crippen molar-refractivity contribution < 1.29 is 18.3 Å². The quantitative estimate of drug-likeness (QED) is 0.903. The molecule has 100 valence electrons. The number of alkyl halides is 3. The molecule has 0 aliphatic heterocycles. The minimum Gasteiger partial charge on any atom is -0.384 e. The topological polar surface area (TPSA) is 33.1 Å². The number of aliphatic hydroxyl groups excluding tert-OH is 1. The third-order valence-corrected chi connectivity index (χ3v) is 2.74. The van der Waals surface area contributed by atoms with E-state index in [0.29, 0.717) is 5.56 Å². The van der Waals surface area contributed by atoms with Crippen molar-refractivity contribution in [2.24, 2.45) is 0 Å². The fourth-order valence-corrected chi connectivity index (χ4v) is 1.81. The van der Waals surface area contributed by atoms with Crippen LogP contribution in [0.15, 0.2) is 42.7 Å². The number of aliphatic hydroxyl groups is 1. The van der Waals surface area contributed by atoms with Gasteiger partial charge in [0.05, 0.1) is 5.56 Å². The van der Waals surface area contributed by atoms with Gasteiger partial charge in [0.1, 0.15) is 6.10 Å². The van der Waals surface area contributed by atoms with Gasteiger partial charge >= 0.3 is 6.18 Å². The highest BCUT2D eigenvalue weighted by Crippen LogP contribution is 2.32. The molecule has 0 aliphatic carbocycles.